The summed E-state index contributed by atoms with van der Waals surface area (Å²) in [5.41, 5.74) is 3.17. The first-order valence-electron chi connectivity index (χ1n) is 12.0. The lowest BCUT2D eigenvalue weighted by Gasteiger charge is -2.20. The maximum absolute atomic E-state index is 12.6. The number of thioether (sulfide) groups is 1. The second kappa shape index (κ2) is 11.8. The molecule has 0 aliphatic carbocycles. The lowest BCUT2D eigenvalue weighted by atomic mass is 9.87. The van der Waals surface area contributed by atoms with Gasteiger partial charge in [0.1, 0.15) is 5.75 Å². The molecule has 0 fully saturated rings. The van der Waals surface area contributed by atoms with Crippen molar-refractivity contribution in [1.29, 1.82) is 0 Å². The van der Waals surface area contributed by atoms with Crippen LogP contribution in [-0.4, -0.2) is 31.4 Å². The number of carbonyl (C=O) groups excluding carboxylic acids is 1. The number of benzene rings is 2. The predicted octanol–water partition coefficient (Wildman–Crippen LogP) is 7.35. The molecule has 0 saturated heterocycles. The summed E-state index contributed by atoms with van der Waals surface area (Å²) >= 11 is 6.19. The molecule has 0 aliphatic rings. The molecule has 2 aromatic carbocycles. The second-order valence-electron chi connectivity index (χ2n) is 9.50. The first-order valence-corrected chi connectivity index (χ1v) is 14.6. The van der Waals surface area contributed by atoms with Crippen molar-refractivity contribution in [3.05, 3.63) is 69.8 Å². The molecule has 2 heterocycles. The molecule has 0 aliphatic heterocycles. The third kappa shape index (κ3) is 7.00. The maximum Gasteiger partial charge on any atom is 0.236 e. The minimum absolute atomic E-state index is 0.0896. The van der Waals surface area contributed by atoms with E-state index in [-0.39, 0.29) is 23.2 Å². The number of ether oxygens (including phenoxy) is 1. The number of nitrogens with one attached hydrogen (secondary N) is 1. The topological polar surface area (TPSA) is 81.9 Å². The molecule has 1 N–H and O–H groups in total. The molecule has 1 unspecified atom stereocenters. The molecule has 0 radical (unpaired) electrons. The Bertz CT molecular complexity index is 1340. The van der Waals surface area contributed by atoms with Crippen molar-refractivity contribution >= 4 is 50.1 Å². The van der Waals surface area contributed by atoms with Crippen molar-refractivity contribution in [1.82, 2.24) is 19.7 Å². The van der Waals surface area contributed by atoms with E-state index in [0.29, 0.717) is 16.8 Å². The Morgan fingerprint density at radius 3 is 2.49 bits per heavy atom. The fourth-order valence-electron chi connectivity index (χ4n) is 3.66. The zero-order valence-electron chi connectivity index (χ0n) is 21.5. The molecule has 10 heteroatoms. The summed E-state index contributed by atoms with van der Waals surface area (Å²) in [6.45, 7) is 11.2. The molecule has 4 aromatic rings. The number of anilines is 1. The average molecular weight is 601 g/mol. The van der Waals surface area contributed by atoms with Crippen LogP contribution in [0.15, 0.2) is 63.5 Å². The van der Waals surface area contributed by atoms with E-state index in [0.717, 1.165) is 27.3 Å². The summed E-state index contributed by atoms with van der Waals surface area (Å²) in [6.07, 6.45) is -0.288. The largest absolute Gasteiger partial charge is 0.483 e. The molecule has 194 valence electrons. The Hall–Kier alpha value is -2.69. The van der Waals surface area contributed by atoms with Crippen molar-refractivity contribution < 1.29 is 9.53 Å². The van der Waals surface area contributed by atoms with Crippen LogP contribution in [0.25, 0.3) is 11.3 Å². The molecular weight excluding hydrogens is 570 g/mol. The second-order valence-corrected chi connectivity index (χ2v) is 12.2. The molecule has 7 nitrogen and oxygen atoms in total. The minimum atomic E-state index is -0.288. The standard InChI is InChI=1S/C27H30BrN5O2S2/c1-6-33-24(17(2)35-21-13-9-19(10-14-21)27(3,4)5)31-32-26(33)37-16-23(34)30-25-29-22(15-36-25)18-7-11-20(28)12-8-18/h7-15,17H,6,16H2,1-5H3,(H,29,30,34). The van der Waals surface area contributed by atoms with E-state index in [4.69, 9.17) is 4.74 Å². The highest BCUT2D eigenvalue weighted by Crippen LogP contribution is 2.29. The van der Waals surface area contributed by atoms with E-state index in [1.54, 1.807) is 0 Å². The van der Waals surface area contributed by atoms with Crippen LogP contribution >= 0.6 is 39.0 Å². The van der Waals surface area contributed by atoms with Gasteiger partial charge in [0.2, 0.25) is 5.91 Å². The third-order valence-corrected chi connectivity index (χ3v) is 7.93. The van der Waals surface area contributed by atoms with Gasteiger partial charge >= 0.3 is 0 Å². The Morgan fingerprint density at radius 1 is 1.14 bits per heavy atom. The fourth-order valence-corrected chi connectivity index (χ4v) is 5.47. The van der Waals surface area contributed by atoms with Gasteiger partial charge in [-0.3, -0.25) is 4.79 Å². The van der Waals surface area contributed by atoms with Gasteiger partial charge in [0.05, 0.1) is 11.4 Å². The first-order chi connectivity index (χ1) is 17.6. The van der Waals surface area contributed by atoms with E-state index in [1.165, 1.54) is 28.7 Å². The van der Waals surface area contributed by atoms with E-state index in [9.17, 15) is 4.79 Å². The number of nitrogens with zero attached hydrogens (tertiary/aromatic N) is 4. The fraction of sp³-hybridized carbons (Fsp3) is 0.333. The van der Waals surface area contributed by atoms with Gasteiger partial charge in [-0.15, -0.1) is 21.5 Å². The Kier molecular flexibility index (Phi) is 8.71. The third-order valence-electron chi connectivity index (χ3n) is 5.68. The van der Waals surface area contributed by atoms with E-state index in [1.807, 2.05) is 60.2 Å². The minimum Gasteiger partial charge on any atom is -0.483 e. The summed E-state index contributed by atoms with van der Waals surface area (Å²) in [5.74, 6) is 1.57. The predicted molar refractivity (Wildman–Crippen MR) is 154 cm³/mol. The lowest BCUT2D eigenvalue weighted by molar-refractivity contribution is -0.113. The molecule has 1 atom stereocenters. The highest BCUT2D eigenvalue weighted by molar-refractivity contribution is 9.10. The number of hydrogen-bond donors (Lipinski definition) is 1. The lowest BCUT2D eigenvalue weighted by Crippen LogP contribution is -2.15. The molecule has 1 amide bonds. The van der Waals surface area contributed by atoms with Gasteiger partial charge in [-0.1, -0.05) is 72.7 Å². The number of carbonyl (C=O) groups is 1. The van der Waals surface area contributed by atoms with Gasteiger partial charge in [-0.25, -0.2) is 4.98 Å². The summed E-state index contributed by atoms with van der Waals surface area (Å²) in [7, 11) is 0. The Labute approximate surface area is 234 Å². The summed E-state index contributed by atoms with van der Waals surface area (Å²) < 4.78 is 9.15. The molecule has 0 bridgehead atoms. The smallest absolute Gasteiger partial charge is 0.236 e. The van der Waals surface area contributed by atoms with Gasteiger partial charge in [0.15, 0.2) is 22.2 Å². The number of aromatic nitrogens is 4. The molecule has 0 spiro atoms. The maximum atomic E-state index is 12.6. The van der Waals surface area contributed by atoms with Crippen LogP contribution in [0.3, 0.4) is 0 Å². The molecule has 2 aromatic heterocycles. The SMILES string of the molecule is CCn1c(SCC(=O)Nc2nc(-c3ccc(Br)cc3)cs2)nnc1C(C)Oc1ccc(C(C)(C)C)cc1. The zero-order valence-corrected chi connectivity index (χ0v) is 24.7. The van der Waals surface area contributed by atoms with Crippen LogP contribution in [0, 0.1) is 0 Å². The van der Waals surface area contributed by atoms with E-state index in [2.05, 4.69) is 69.3 Å². The monoisotopic (exact) mass is 599 g/mol. The average Bonchev–Trinajstić information content (AvgIpc) is 3.50. The van der Waals surface area contributed by atoms with Crippen molar-refractivity contribution in [3.8, 4) is 17.0 Å². The number of thiazole rings is 1. The van der Waals surface area contributed by atoms with Gasteiger partial charge in [-0.2, -0.15) is 0 Å². The van der Waals surface area contributed by atoms with Crippen molar-refractivity contribution in [2.24, 2.45) is 0 Å². The van der Waals surface area contributed by atoms with Crippen molar-refractivity contribution in [3.63, 3.8) is 0 Å². The number of rotatable bonds is 9. The summed E-state index contributed by atoms with van der Waals surface area (Å²) in [5, 5.41) is 14.8. The summed E-state index contributed by atoms with van der Waals surface area (Å²) in [4.78, 5) is 17.1. The van der Waals surface area contributed by atoms with Crippen LogP contribution < -0.4 is 10.1 Å². The van der Waals surface area contributed by atoms with Crippen LogP contribution in [0.5, 0.6) is 5.75 Å². The van der Waals surface area contributed by atoms with E-state index >= 15 is 0 Å². The number of hydrogen-bond acceptors (Lipinski definition) is 7. The van der Waals surface area contributed by atoms with Gasteiger partial charge in [-0.05, 0) is 49.1 Å². The van der Waals surface area contributed by atoms with Crippen LogP contribution in [0.4, 0.5) is 5.13 Å². The number of halogens is 1. The zero-order chi connectivity index (χ0) is 26.6. The quantitative estimate of drug-likeness (QED) is 0.202. The van der Waals surface area contributed by atoms with Crippen molar-refractivity contribution in [2.45, 2.75) is 57.8 Å². The van der Waals surface area contributed by atoms with Gasteiger partial charge < -0.3 is 14.6 Å². The van der Waals surface area contributed by atoms with E-state index < -0.39 is 0 Å². The van der Waals surface area contributed by atoms with Crippen molar-refractivity contribution in [2.75, 3.05) is 11.1 Å². The molecular formula is C27H30BrN5O2S2. The molecule has 0 saturated carbocycles. The number of amides is 1. The summed E-state index contributed by atoms with van der Waals surface area (Å²) in [6, 6.07) is 16.1. The Morgan fingerprint density at radius 2 is 1.84 bits per heavy atom. The highest BCUT2D eigenvalue weighted by Gasteiger charge is 2.20. The van der Waals surface area contributed by atoms with Gasteiger partial charge in [0, 0.05) is 22.0 Å². The van der Waals surface area contributed by atoms with Gasteiger partial charge in [0.25, 0.3) is 0 Å². The van der Waals surface area contributed by atoms with Crippen LogP contribution in [0.1, 0.15) is 52.1 Å². The normalized spacial score (nSPS) is 12.4. The van der Waals surface area contributed by atoms with Crippen LogP contribution in [-0.2, 0) is 16.8 Å². The van der Waals surface area contributed by atoms with Crippen LogP contribution in [0.2, 0.25) is 0 Å². The molecule has 37 heavy (non-hydrogen) atoms. The molecule has 4 rings (SSSR count). The highest BCUT2D eigenvalue weighted by atomic mass is 79.9. The first kappa shape index (κ1) is 27.3. The Balaban J connectivity index is 1.35.